The van der Waals surface area contributed by atoms with Gasteiger partial charge in [-0.15, -0.1) is 0 Å². The van der Waals surface area contributed by atoms with Gasteiger partial charge in [-0.05, 0) is 12.1 Å². The lowest BCUT2D eigenvalue weighted by Crippen LogP contribution is -2.03. The Morgan fingerprint density at radius 2 is 1.93 bits per heavy atom. The van der Waals surface area contributed by atoms with Crippen LogP contribution in [0.15, 0.2) is 24.3 Å². The van der Waals surface area contributed by atoms with Crippen LogP contribution in [0, 0.1) is 0 Å². The quantitative estimate of drug-likeness (QED) is 0.609. The van der Waals surface area contributed by atoms with Crippen LogP contribution in [0.2, 0.25) is 0 Å². The summed E-state index contributed by atoms with van der Waals surface area (Å²) in [5.41, 5.74) is 1.14. The number of hydrogen-bond donors (Lipinski definition) is 1. The molecule has 0 aromatic heterocycles. The van der Waals surface area contributed by atoms with E-state index in [9.17, 15) is 9.59 Å². The lowest BCUT2D eigenvalue weighted by atomic mass is 10.1. The van der Waals surface area contributed by atoms with Crippen LogP contribution in [0.3, 0.4) is 0 Å². The Labute approximate surface area is 90.5 Å². The first-order valence-electron chi connectivity index (χ1n) is 5.12. The summed E-state index contributed by atoms with van der Waals surface area (Å²) in [6, 6.07) is 6.96. The molecule has 0 aliphatic rings. The van der Waals surface area contributed by atoms with Crippen molar-refractivity contribution in [2.24, 2.45) is 0 Å². The number of Topliss-reactive ketones (excluding diaryl/α,β-unsaturated/α-hetero) is 1. The average molecular weight is 207 g/mol. The lowest BCUT2D eigenvalue weighted by Gasteiger charge is -2.04. The van der Waals surface area contributed by atoms with Gasteiger partial charge in [-0.25, -0.2) is 0 Å². The smallest absolute Gasteiger partial charge is 0.211 e. The van der Waals surface area contributed by atoms with Crippen LogP contribution < -0.4 is 5.32 Å². The van der Waals surface area contributed by atoms with Gasteiger partial charge in [-0.1, -0.05) is 32.9 Å². The maximum atomic E-state index is 11.4. The fourth-order valence-corrected chi connectivity index (χ4v) is 1.11. The molecule has 0 spiro atoms. The lowest BCUT2D eigenvalue weighted by molar-refractivity contribution is -0.105. The Bertz CT molecular complexity index is 321. The van der Waals surface area contributed by atoms with Crippen LogP contribution in [0.4, 0.5) is 5.69 Å². The van der Waals surface area contributed by atoms with E-state index in [4.69, 9.17) is 0 Å². The second-order valence-corrected chi connectivity index (χ2v) is 2.58. The molecule has 82 valence electrons. The molecule has 0 unspecified atom stereocenters. The van der Waals surface area contributed by atoms with E-state index in [0.717, 1.165) is 0 Å². The minimum atomic E-state index is 0.0324. The third-order valence-corrected chi connectivity index (χ3v) is 1.76. The van der Waals surface area contributed by atoms with Crippen LogP contribution in [0.5, 0.6) is 0 Å². The molecular weight excluding hydrogens is 190 g/mol. The highest BCUT2D eigenvalue weighted by molar-refractivity contribution is 6.02. The highest BCUT2D eigenvalue weighted by atomic mass is 16.1. The van der Waals surface area contributed by atoms with Crippen LogP contribution in [-0.2, 0) is 4.79 Å². The van der Waals surface area contributed by atoms with Crippen molar-refractivity contribution in [1.29, 1.82) is 0 Å². The molecule has 1 aromatic rings. The second-order valence-electron chi connectivity index (χ2n) is 2.58. The fraction of sp³-hybridized carbons (Fsp3) is 0.333. The van der Waals surface area contributed by atoms with Crippen LogP contribution in [-0.4, -0.2) is 12.2 Å². The average Bonchev–Trinajstić information content (AvgIpc) is 2.32. The third kappa shape index (κ3) is 3.94. The second kappa shape index (κ2) is 7.74. The number of benzene rings is 1. The number of carbonyl (C=O) groups excluding carboxylic acids is 2. The predicted octanol–water partition coefficient (Wildman–Crippen LogP) is 2.87. The van der Waals surface area contributed by atoms with Crippen molar-refractivity contribution in [2.75, 3.05) is 5.32 Å². The van der Waals surface area contributed by atoms with Crippen LogP contribution >= 0.6 is 0 Å². The molecule has 3 nitrogen and oxygen atoms in total. The van der Waals surface area contributed by atoms with Crippen molar-refractivity contribution in [3.05, 3.63) is 29.8 Å². The van der Waals surface area contributed by atoms with Gasteiger partial charge in [0.2, 0.25) is 6.41 Å². The summed E-state index contributed by atoms with van der Waals surface area (Å²) < 4.78 is 0. The van der Waals surface area contributed by atoms with E-state index >= 15 is 0 Å². The summed E-state index contributed by atoms with van der Waals surface area (Å²) >= 11 is 0. The molecule has 15 heavy (non-hydrogen) atoms. The third-order valence-electron chi connectivity index (χ3n) is 1.76. The van der Waals surface area contributed by atoms with Gasteiger partial charge in [0.25, 0.3) is 0 Å². The van der Waals surface area contributed by atoms with Gasteiger partial charge >= 0.3 is 0 Å². The summed E-state index contributed by atoms with van der Waals surface area (Å²) in [7, 11) is 0. The molecule has 1 rings (SSSR count). The molecule has 0 saturated carbocycles. The maximum Gasteiger partial charge on any atom is 0.211 e. The van der Waals surface area contributed by atoms with E-state index in [1.54, 1.807) is 31.2 Å². The van der Waals surface area contributed by atoms with Crippen LogP contribution in [0.25, 0.3) is 0 Å². The topological polar surface area (TPSA) is 46.2 Å². The summed E-state index contributed by atoms with van der Waals surface area (Å²) in [4.78, 5) is 21.6. The first-order valence-corrected chi connectivity index (χ1v) is 5.12. The number of para-hydroxylation sites is 1. The minimum absolute atomic E-state index is 0.0324. The highest BCUT2D eigenvalue weighted by Gasteiger charge is 2.07. The SMILES string of the molecule is CC.CCC(=O)c1ccccc1NC=O. The van der Waals surface area contributed by atoms with Gasteiger partial charge < -0.3 is 5.32 Å². The minimum Gasteiger partial charge on any atom is -0.328 e. The van der Waals surface area contributed by atoms with Crippen molar-refractivity contribution in [1.82, 2.24) is 0 Å². The molecule has 0 bridgehead atoms. The Balaban J connectivity index is 0.000000921. The molecule has 0 fully saturated rings. The van der Waals surface area contributed by atoms with Crippen molar-refractivity contribution >= 4 is 17.9 Å². The summed E-state index contributed by atoms with van der Waals surface area (Å²) in [6.07, 6.45) is 1.01. The highest BCUT2D eigenvalue weighted by Crippen LogP contribution is 2.15. The first-order chi connectivity index (χ1) is 7.29. The Morgan fingerprint density at radius 3 is 2.47 bits per heavy atom. The normalized spacial score (nSPS) is 8.47. The van der Waals surface area contributed by atoms with Gasteiger partial charge in [0.1, 0.15) is 0 Å². The van der Waals surface area contributed by atoms with Crippen molar-refractivity contribution < 1.29 is 9.59 Å². The fourth-order valence-electron chi connectivity index (χ4n) is 1.11. The Hall–Kier alpha value is -1.64. The van der Waals surface area contributed by atoms with E-state index in [2.05, 4.69) is 5.32 Å². The van der Waals surface area contributed by atoms with Crippen LogP contribution in [0.1, 0.15) is 37.6 Å². The Kier molecular flexibility index (Phi) is 6.89. The van der Waals surface area contributed by atoms with E-state index in [1.165, 1.54) is 0 Å². The van der Waals surface area contributed by atoms with Gasteiger partial charge in [0.05, 0.1) is 5.69 Å². The molecule has 0 saturated heterocycles. The van der Waals surface area contributed by atoms with Crippen molar-refractivity contribution in [3.63, 3.8) is 0 Å². The molecule has 1 amide bonds. The zero-order chi connectivity index (χ0) is 11.7. The number of amides is 1. The number of anilines is 1. The molecular formula is C12H17NO2. The van der Waals surface area contributed by atoms with Crippen molar-refractivity contribution in [2.45, 2.75) is 27.2 Å². The largest absolute Gasteiger partial charge is 0.328 e. The molecule has 3 heteroatoms. The van der Waals surface area contributed by atoms with E-state index < -0.39 is 0 Å². The van der Waals surface area contributed by atoms with Crippen molar-refractivity contribution in [3.8, 4) is 0 Å². The summed E-state index contributed by atoms with van der Waals surface area (Å²) in [5, 5.41) is 2.49. The molecule has 0 heterocycles. The zero-order valence-electron chi connectivity index (χ0n) is 9.41. The van der Waals surface area contributed by atoms with Gasteiger partial charge in [-0.3, -0.25) is 9.59 Å². The number of ketones is 1. The first kappa shape index (κ1) is 13.4. The predicted molar refractivity (Wildman–Crippen MR) is 62.1 cm³/mol. The van der Waals surface area contributed by atoms with E-state index in [0.29, 0.717) is 24.1 Å². The monoisotopic (exact) mass is 207 g/mol. The van der Waals surface area contributed by atoms with E-state index in [1.807, 2.05) is 13.8 Å². The maximum absolute atomic E-state index is 11.4. The van der Waals surface area contributed by atoms with Gasteiger partial charge in [0.15, 0.2) is 5.78 Å². The molecule has 0 aliphatic carbocycles. The molecule has 0 aliphatic heterocycles. The number of nitrogens with one attached hydrogen (secondary N) is 1. The molecule has 1 aromatic carbocycles. The summed E-state index contributed by atoms with van der Waals surface area (Å²) in [5.74, 6) is 0.0324. The van der Waals surface area contributed by atoms with Gasteiger partial charge in [0, 0.05) is 12.0 Å². The zero-order valence-corrected chi connectivity index (χ0v) is 9.41. The number of carbonyl (C=O) groups is 2. The Morgan fingerprint density at radius 1 is 1.33 bits per heavy atom. The van der Waals surface area contributed by atoms with E-state index in [-0.39, 0.29) is 5.78 Å². The summed E-state index contributed by atoms with van der Waals surface area (Å²) in [6.45, 7) is 5.79. The molecule has 1 N–H and O–H groups in total. The standard InChI is InChI=1S/C10H11NO2.C2H6/c1-2-10(13)8-5-3-4-6-9(8)11-7-12;1-2/h3-7H,2H2,1H3,(H,11,12);1-2H3. The molecule has 0 atom stereocenters. The van der Waals surface area contributed by atoms with Gasteiger partial charge in [-0.2, -0.15) is 0 Å². The molecule has 0 radical (unpaired) electrons. The number of hydrogen-bond acceptors (Lipinski definition) is 2. The number of rotatable bonds is 4.